The standard InChI is InChI=1S/C11H17ClFN3/c1-2-16-11(8(12)7-15-16)10(13)9-5-3-4-6-14-9/h7,9-10,14H,2-6H2,1H3. The van der Waals surface area contributed by atoms with Crippen LogP contribution in [-0.4, -0.2) is 22.4 Å². The van der Waals surface area contributed by atoms with Crippen LogP contribution < -0.4 is 5.32 Å². The van der Waals surface area contributed by atoms with Gasteiger partial charge in [-0.3, -0.25) is 4.68 Å². The molecule has 0 aromatic carbocycles. The molecule has 1 N–H and O–H groups in total. The summed E-state index contributed by atoms with van der Waals surface area (Å²) >= 11 is 5.99. The summed E-state index contributed by atoms with van der Waals surface area (Å²) in [6.45, 7) is 3.48. The summed E-state index contributed by atoms with van der Waals surface area (Å²) in [5, 5.41) is 7.71. The fourth-order valence-corrected chi connectivity index (χ4v) is 2.46. The number of halogens is 2. The first kappa shape index (κ1) is 11.9. The molecule has 1 aromatic rings. The maximum absolute atomic E-state index is 14.4. The minimum absolute atomic E-state index is 0.117. The zero-order valence-electron chi connectivity index (χ0n) is 9.42. The molecule has 1 aliphatic rings. The highest BCUT2D eigenvalue weighted by Crippen LogP contribution is 2.31. The predicted octanol–water partition coefficient (Wildman–Crippen LogP) is 2.71. The molecule has 0 saturated carbocycles. The molecule has 3 nitrogen and oxygen atoms in total. The van der Waals surface area contributed by atoms with Gasteiger partial charge in [-0.2, -0.15) is 5.10 Å². The van der Waals surface area contributed by atoms with Crippen LogP contribution in [0.4, 0.5) is 4.39 Å². The molecule has 0 spiro atoms. The van der Waals surface area contributed by atoms with E-state index in [1.54, 1.807) is 4.68 Å². The summed E-state index contributed by atoms with van der Waals surface area (Å²) < 4.78 is 16.0. The Bertz CT molecular complexity index is 347. The Morgan fingerprint density at radius 2 is 2.50 bits per heavy atom. The quantitative estimate of drug-likeness (QED) is 0.888. The van der Waals surface area contributed by atoms with Crippen molar-refractivity contribution in [3.8, 4) is 0 Å². The molecule has 1 aromatic heterocycles. The van der Waals surface area contributed by atoms with Crippen LogP contribution in [0.3, 0.4) is 0 Å². The Morgan fingerprint density at radius 1 is 1.69 bits per heavy atom. The molecule has 1 aliphatic heterocycles. The largest absolute Gasteiger partial charge is 0.311 e. The Morgan fingerprint density at radius 3 is 3.12 bits per heavy atom. The third-order valence-electron chi connectivity index (χ3n) is 3.10. The highest BCUT2D eigenvalue weighted by molar-refractivity contribution is 6.31. The molecule has 0 aliphatic carbocycles. The monoisotopic (exact) mass is 245 g/mol. The number of aromatic nitrogens is 2. The summed E-state index contributed by atoms with van der Waals surface area (Å²) in [6.07, 6.45) is 3.54. The second-order valence-corrected chi connectivity index (χ2v) is 4.56. The first-order valence-electron chi connectivity index (χ1n) is 5.82. The molecule has 0 amide bonds. The van der Waals surface area contributed by atoms with Gasteiger partial charge in [0.1, 0.15) is 0 Å². The zero-order chi connectivity index (χ0) is 11.5. The number of piperidine rings is 1. The summed E-state index contributed by atoms with van der Waals surface area (Å²) in [4.78, 5) is 0. The van der Waals surface area contributed by atoms with E-state index in [4.69, 9.17) is 11.6 Å². The van der Waals surface area contributed by atoms with Crippen molar-refractivity contribution >= 4 is 11.6 Å². The van der Waals surface area contributed by atoms with Gasteiger partial charge >= 0.3 is 0 Å². The third kappa shape index (κ3) is 2.23. The van der Waals surface area contributed by atoms with Gasteiger partial charge in [0.15, 0.2) is 6.17 Å². The molecule has 0 radical (unpaired) electrons. The molecule has 90 valence electrons. The van der Waals surface area contributed by atoms with E-state index in [-0.39, 0.29) is 6.04 Å². The smallest absolute Gasteiger partial charge is 0.158 e. The van der Waals surface area contributed by atoms with Crippen molar-refractivity contribution in [3.05, 3.63) is 16.9 Å². The highest BCUT2D eigenvalue weighted by atomic mass is 35.5. The Kier molecular flexibility index (Phi) is 3.82. The summed E-state index contributed by atoms with van der Waals surface area (Å²) in [7, 11) is 0. The van der Waals surface area contributed by atoms with Gasteiger partial charge in [0.05, 0.1) is 16.9 Å². The summed E-state index contributed by atoms with van der Waals surface area (Å²) in [6, 6.07) is -0.117. The second kappa shape index (κ2) is 5.15. The summed E-state index contributed by atoms with van der Waals surface area (Å²) in [5.74, 6) is 0. The molecule has 1 fully saturated rings. The van der Waals surface area contributed by atoms with E-state index in [2.05, 4.69) is 10.4 Å². The van der Waals surface area contributed by atoms with E-state index in [0.29, 0.717) is 17.3 Å². The first-order valence-corrected chi connectivity index (χ1v) is 6.20. The van der Waals surface area contributed by atoms with Crippen LogP contribution in [0.15, 0.2) is 6.20 Å². The number of nitrogens with zero attached hydrogens (tertiary/aromatic N) is 2. The molecule has 2 atom stereocenters. The highest BCUT2D eigenvalue weighted by Gasteiger charge is 2.29. The van der Waals surface area contributed by atoms with Crippen LogP contribution in [0.1, 0.15) is 38.1 Å². The fraction of sp³-hybridized carbons (Fsp3) is 0.727. The van der Waals surface area contributed by atoms with Crippen LogP contribution in [0.25, 0.3) is 0 Å². The number of hydrogen-bond donors (Lipinski definition) is 1. The van der Waals surface area contributed by atoms with Gasteiger partial charge < -0.3 is 5.32 Å². The normalized spacial score (nSPS) is 23.3. The van der Waals surface area contributed by atoms with E-state index in [1.807, 2.05) is 6.92 Å². The lowest BCUT2D eigenvalue weighted by molar-refractivity contribution is 0.210. The van der Waals surface area contributed by atoms with E-state index >= 15 is 0 Å². The minimum Gasteiger partial charge on any atom is -0.311 e. The van der Waals surface area contributed by atoms with Crippen molar-refractivity contribution < 1.29 is 4.39 Å². The van der Waals surface area contributed by atoms with Crippen molar-refractivity contribution in [1.82, 2.24) is 15.1 Å². The van der Waals surface area contributed by atoms with Crippen LogP contribution in [-0.2, 0) is 6.54 Å². The van der Waals surface area contributed by atoms with Crippen LogP contribution in [0, 0.1) is 0 Å². The lowest BCUT2D eigenvalue weighted by Gasteiger charge is -2.27. The van der Waals surface area contributed by atoms with Crippen LogP contribution in [0.2, 0.25) is 5.02 Å². The van der Waals surface area contributed by atoms with Gasteiger partial charge in [-0.25, -0.2) is 4.39 Å². The van der Waals surface area contributed by atoms with E-state index in [9.17, 15) is 4.39 Å². The van der Waals surface area contributed by atoms with Crippen molar-refractivity contribution in [2.75, 3.05) is 6.54 Å². The van der Waals surface area contributed by atoms with E-state index < -0.39 is 6.17 Å². The second-order valence-electron chi connectivity index (χ2n) is 4.15. The van der Waals surface area contributed by atoms with Crippen molar-refractivity contribution in [1.29, 1.82) is 0 Å². The van der Waals surface area contributed by atoms with E-state index in [1.165, 1.54) is 6.20 Å². The molecule has 5 heteroatoms. The number of hydrogen-bond acceptors (Lipinski definition) is 2. The van der Waals surface area contributed by atoms with Crippen molar-refractivity contribution in [2.45, 2.75) is 44.9 Å². The Hall–Kier alpha value is -0.610. The Labute approximate surface area is 100.0 Å². The van der Waals surface area contributed by atoms with Gasteiger partial charge in [-0.15, -0.1) is 0 Å². The first-order chi connectivity index (χ1) is 7.74. The molecular formula is C11H17ClFN3. The lowest BCUT2D eigenvalue weighted by Crippen LogP contribution is -2.38. The van der Waals surface area contributed by atoms with Crippen molar-refractivity contribution in [2.24, 2.45) is 0 Å². The maximum atomic E-state index is 14.4. The SMILES string of the molecule is CCn1ncc(Cl)c1C(F)C1CCCCN1. The number of rotatable bonds is 3. The fourth-order valence-electron chi connectivity index (χ4n) is 2.22. The van der Waals surface area contributed by atoms with E-state index in [0.717, 1.165) is 25.8 Å². The molecule has 1 saturated heterocycles. The number of nitrogens with one attached hydrogen (secondary N) is 1. The topological polar surface area (TPSA) is 29.9 Å². The van der Waals surface area contributed by atoms with Crippen molar-refractivity contribution in [3.63, 3.8) is 0 Å². The van der Waals surface area contributed by atoms with Crippen LogP contribution in [0.5, 0.6) is 0 Å². The maximum Gasteiger partial charge on any atom is 0.158 e. The van der Waals surface area contributed by atoms with Gasteiger partial charge in [0.25, 0.3) is 0 Å². The van der Waals surface area contributed by atoms with Gasteiger partial charge in [0.2, 0.25) is 0 Å². The van der Waals surface area contributed by atoms with Gasteiger partial charge in [0, 0.05) is 12.6 Å². The van der Waals surface area contributed by atoms with Gasteiger partial charge in [-0.05, 0) is 26.3 Å². The molecule has 2 heterocycles. The average molecular weight is 246 g/mol. The molecule has 2 rings (SSSR count). The average Bonchev–Trinajstić information content (AvgIpc) is 2.70. The molecule has 16 heavy (non-hydrogen) atoms. The number of alkyl halides is 1. The Balaban J connectivity index is 2.18. The molecule has 0 bridgehead atoms. The number of aryl methyl sites for hydroxylation is 1. The predicted molar refractivity (Wildman–Crippen MR) is 62.4 cm³/mol. The van der Waals surface area contributed by atoms with Gasteiger partial charge in [-0.1, -0.05) is 18.0 Å². The summed E-state index contributed by atoms with van der Waals surface area (Å²) in [5.41, 5.74) is 0.517. The molecule has 2 unspecified atom stereocenters. The molecular weight excluding hydrogens is 229 g/mol. The minimum atomic E-state index is -1.06. The third-order valence-corrected chi connectivity index (χ3v) is 3.39. The zero-order valence-corrected chi connectivity index (χ0v) is 10.2. The van der Waals surface area contributed by atoms with Crippen LogP contribution >= 0.6 is 11.6 Å². The lowest BCUT2D eigenvalue weighted by atomic mass is 9.99.